The molecule has 7 nitrogen and oxygen atoms in total. The summed E-state index contributed by atoms with van der Waals surface area (Å²) < 4.78 is 24.3. The largest absolute Gasteiger partial charge is 0.481 e. The van der Waals surface area contributed by atoms with Crippen molar-refractivity contribution in [2.24, 2.45) is 0 Å². The van der Waals surface area contributed by atoms with Gasteiger partial charge in [-0.15, -0.1) is 0 Å². The van der Waals surface area contributed by atoms with Gasteiger partial charge in [0.05, 0.1) is 12.2 Å². The molecule has 0 atom stereocenters. The lowest BCUT2D eigenvalue weighted by Gasteiger charge is -2.04. The summed E-state index contributed by atoms with van der Waals surface area (Å²) in [6.07, 6.45) is -0.419. The molecule has 0 bridgehead atoms. The number of aliphatic carboxylic acids is 1. The predicted octanol–water partition coefficient (Wildman–Crippen LogP) is -1.48. The SMILES string of the molecule is CNC(=O)CCNS(=O)(=O)CCC(=O)O. The number of rotatable bonds is 7. The maximum Gasteiger partial charge on any atom is 0.304 e. The zero-order chi connectivity index (χ0) is 11.9. The van der Waals surface area contributed by atoms with Crippen LogP contribution < -0.4 is 10.0 Å². The van der Waals surface area contributed by atoms with Gasteiger partial charge in [0.1, 0.15) is 0 Å². The maximum absolute atomic E-state index is 11.1. The molecule has 0 aliphatic heterocycles. The fraction of sp³-hybridized carbons (Fsp3) is 0.714. The monoisotopic (exact) mass is 238 g/mol. The molecule has 0 heterocycles. The molecule has 15 heavy (non-hydrogen) atoms. The third kappa shape index (κ3) is 7.89. The minimum atomic E-state index is -3.59. The predicted molar refractivity (Wildman–Crippen MR) is 52.7 cm³/mol. The van der Waals surface area contributed by atoms with Crippen LogP contribution in [-0.2, 0) is 19.6 Å². The van der Waals surface area contributed by atoms with Gasteiger partial charge >= 0.3 is 5.97 Å². The van der Waals surface area contributed by atoms with Crippen LogP contribution in [0.3, 0.4) is 0 Å². The van der Waals surface area contributed by atoms with E-state index in [1.807, 2.05) is 0 Å². The molecule has 0 rings (SSSR count). The Kier molecular flexibility index (Phi) is 5.87. The molecule has 0 fully saturated rings. The molecule has 0 spiro atoms. The van der Waals surface area contributed by atoms with Crippen molar-refractivity contribution < 1.29 is 23.1 Å². The number of sulfonamides is 1. The summed E-state index contributed by atoms with van der Waals surface area (Å²) in [5.41, 5.74) is 0. The van der Waals surface area contributed by atoms with Crippen LogP contribution in [0.2, 0.25) is 0 Å². The van der Waals surface area contributed by atoms with E-state index >= 15 is 0 Å². The molecule has 1 amide bonds. The molecule has 0 saturated heterocycles. The zero-order valence-electron chi connectivity index (χ0n) is 8.32. The first kappa shape index (κ1) is 13.8. The second-order valence-electron chi connectivity index (χ2n) is 2.78. The number of hydrogen-bond acceptors (Lipinski definition) is 4. The number of carbonyl (C=O) groups is 2. The highest BCUT2D eigenvalue weighted by Crippen LogP contribution is 1.90. The molecular weight excluding hydrogens is 224 g/mol. The fourth-order valence-corrected chi connectivity index (χ4v) is 1.74. The molecule has 0 unspecified atom stereocenters. The standard InChI is InChI=1S/C7H14N2O5S/c1-8-6(10)2-4-9-15(13,14)5-3-7(11)12/h9H,2-5H2,1H3,(H,8,10)(H,11,12). The van der Waals surface area contributed by atoms with E-state index in [0.717, 1.165) is 0 Å². The fourth-order valence-electron chi connectivity index (χ4n) is 0.739. The molecule has 0 aromatic carbocycles. The van der Waals surface area contributed by atoms with E-state index in [1.165, 1.54) is 7.05 Å². The van der Waals surface area contributed by atoms with Gasteiger partial charge in [-0.05, 0) is 0 Å². The van der Waals surface area contributed by atoms with Crippen LogP contribution in [0.1, 0.15) is 12.8 Å². The normalized spacial score (nSPS) is 11.0. The molecule has 0 radical (unpaired) electrons. The van der Waals surface area contributed by atoms with Gasteiger partial charge in [0.25, 0.3) is 0 Å². The second-order valence-corrected chi connectivity index (χ2v) is 4.71. The van der Waals surface area contributed by atoms with Crippen LogP contribution >= 0.6 is 0 Å². The van der Waals surface area contributed by atoms with Crippen LogP contribution in [-0.4, -0.2) is 44.7 Å². The second kappa shape index (κ2) is 6.36. The highest BCUT2D eigenvalue weighted by Gasteiger charge is 2.12. The lowest BCUT2D eigenvalue weighted by molar-refractivity contribution is -0.136. The molecule has 0 aliphatic rings. The Morgan fingerprint density at radius 1 is 1.27 bits per heavy atom. The Hall–Kier alpha value is -1.15. The van der Waals surface area contributed by atoms with Crippen molar-refractivity contribution in [2.45, 2.75) is 12.8 Å². The van der Waals surface area contributed by atoms with Crippen LogP contribution in [0.25, 0.3) is 0 Å². The van der Waals surface area contributed by atoms with Gasteiger partial charge in [-0.2, -0.15) is 0 Å². The Balaban J connectivity index is 3.84. The lowest BCUT2D eigenvalue weighted by Crippen LogP contribution is -2.31. The highest BCUT2D eigenvalue weighted by atomic mass is 32.2. The summed E-state index contributed by atoms with van der Waals surface area (Å²) in [5.74, 6) is -1.93. The van der Waals surface area contributed by atoms with E-state index in [0.29, 0.717) is 0 Å². The van der Waals surface area contributed by atoms with E-state index in [1.54, 1.807) is 0 Å². The van der Waals surface area contributed by atoms with Crippen LogP contribution in [0.15, 0.2) is 0 Å². The van der Waals surface area contributed by atoms with Crippen LogP contribution in [0, 0.1) is 0 Å². The molecule has 8 heteroatoms. The molecule has 0 aromatic rings. The number of nitrogens with one attached hydrogen (secondary N) is 2. The summed E-state index contributed by atoms with van der Waals surface area (Å²) in [5, 5.41) is 10.6. The van der Waals surface area contributed by atoms with E-state index in [4.69, 9.17) is 5.11 Å². The van der Waals surface area contributed by atoms with E-state index in [9.17, 15) is 18.0 Å². The first-order valence-corrected chi connectivity index (χ1v) is 5.92. The van der Waals surface area contributed by atoms with E-state index < -0.39 is 28.2 Å². The molecular formula is C7H14N2O5S. The van der Waals surface area contributed by atoms with Crippen molar-refractivity contribution in [3.8, 4) is 0 Å². The number of carboxylic acid groups (broad SMARTS) is 1. The third-order valence-electron chi connectivity index (χ3n) is 1.54. The van der Waals surface area contributed by atoms with E-state index in [-0.39, 0.29) is 18.9 Å². The van der Waals surface area contributed by atoms with Gasteiger partial charge in [-0.25, -0.2) is 13.1 Å². The minimum absolute atomic E-state index is 0.0262. The summed E-state index contributed by atoms with van der Waals surface area (Å²) in [6.45, 7) is -0.0262. The lowest BCUT2D eigenvalue weighted by atomic mass is 10.4. The highest BCUT2D eigenvalue weighted by molar-refractivity contribution is 7.89. The van der Waals surface area contributed by atoms with Gasteiger partial charge in [-0.3, -0.25) is 9.59 Å². The zero-order valence-corrected chi connectivity index (χ0v) is 9.13. The Bertz CT molecular complexity index is 324. The molecule has 3 N–H and O–H groups in total. The average molecular weight is 238 g/mol. The Labute approximate surface area is 87.9 Å². The smallest absolute Gasteiger partial charge is 0.304 e. The summed E-state index contributed by atoms with van der Waals surface area (Å²) in [6, 6.07) is 0. The number of carboxylic acids is 1. The van der Waals surface area contributed by atoms with Crippen LogP contribution in [0.5, 0.6) is 0 Å². The Morgan fingerprint density at radius 2 is 1.87 bits per heavy atom. The van der Waals surface area contributed by atoms with Gasteiger partial charge in [0.15, 0.2) is 0 Å². The summed E-state index contributed by atoms with van der Waals surface area (Å²) in [7, 11) is -2.15. The summed E-state index contributed by atoms with van der Waals surface area (Å²) >= 11 is 0. The Morgan fingerprint density at radius 3 is 2.33 bits per heavy atom. The first-order valence-electron chi connectivity index (χ1n) is 4.27. The quantitative estimate of drug-likeness (QED) is 0.500. The topological polar surface area (TPSA) is 113 Å². The van der Waals surface area contributed by atoms with Crippen molar-refractivity contribution in [3.63, 3.8) is 0 Å². The van der Waals surface area contributed by atoms with Crippen molar-refractivity contribution in [2.75, 3.05) is 19.3 Å². The van der Waals surface area contributed by atoms with Gasteiger partial charge in [-0.1, -0.05) is 0 Å². The average Bonchev–Trinajstić information content (AvgIpc) is 2.14. The van der Waals surface area contributed by atoms with Gasteiger partial charge in [0.2, 0.25) is 15.9 Å². The van der Waals surface area contributed by atoms with Crippen molar-refractivity contribution in [1.29, 1.82) is 0 Å². The van der Waals surface area contributed by atoms with Crippen molar-refractivity contribution in [1.82, 2.24) is 10.0 Å². The molecule has 0 aromatic heterocycles. The van der Waals surface area contributed by atoms with Gasteiger partial charge in [0, 0.05) is 20.0 Å². The van der Waals surface area contributed by atoms with Gasteiger partial charge < -0.3 is 10.4 Å². The van der Waals surface area contributed by atoms with Crippen molar-refractivity contribution in [3.05, 3.63) is 0 Å². The maximum atomic E-state index is 11.1. The van der Waals surface area contributed by atoms with Crippen LogP contribution in [0.4, 0.5) is 0 Å². The van der Waals surface area contributed by atoms with E-state index in [2.05, 4.69) is 10.0 Å². The number of carbonyl (C=O) groups excluding carboxylic acids is 1. The number of amides is 1. The third-order valence-corrected chi connectivity index (χ3v) is 2.92. The van der Waals surface area contributed by atoms with Crippen molar-refractivity contribution >= 4 is 21.9 Å². The molecule has 0 aliphatic carbocycles. The summed E-state index contributed by atoms with van der Waals surface area (Å²) in [4.78, 5) is 20.8. The first-order chi connectivity index (χ1) is 6.87. The number of hydrogen-bond donors (Lipinski definition) is 3. The molecule has 88 valence electrons. The minimum Gasteiger partial charge on any atom is -0.481 e. The molecule has 0 saturated carbocycles.